The first-order valence-corrected chi connectivity index (χ1v) is 4.14. The first-order chi connectivity index (χ1) is 6.09. The minimum atomic E-state index is -0.708. The van der Waals surface area contributed by atoms with Gasteiger partial charge in [0.15, 0.2) is 0 Å². The van der Waals surface area contributed by atoms with Crippen LogP contribution in [-0.4, -0.2) is 16.1 Å². The molecule has 0 fully saturated rings. The van der Waals surface area contributed by atoms with Crippen LogP contribution in [0.2, 0.25) is 0 Å². The average Bonchev–Trinajstić information content (AvgIpc) is 2.04. The molecule has 2 atom stereocenters. The van der Waals surface area contributed by atoms with Crippen LogP contribution in [0.4, 0.5) is 4.39 Å². The van der Waals surface area contributed by atoms with E-state index >= 15 is 0 Å². The zero-order valence-corrected chi connectivity index (χ0v) is 7.44. The molecule has 4 heteroatoms. The lowest BCUT2D eigenvalue weighted by Gasteiger charge is -2.11. The standard InChI is InChI=1S/C9H13FN2O/c1-6(11)4-9(13)8-3-2-7(10)5-12-8/h2-3,5-6,9,13H,4,11H2,1H3. The fourth-order valence-electron chi connectivity index (χ4n) is 1.06. The first kappa shape index (κ1) is 10.1. The van der Waals surface area contributed by atoms with Gasteiger partial charge in [-0.2, -0.15) is 0 Å². The first-order valence-electron chi connectivity index (χ1n) is 4.14. The van der Waals surface area contributed by atoms with Gasteiger partial charge in [0.25, 0.3) is 0 Å². The normalized spacial score (nSPS) is 15.4. The van der Waals surface area contributed by atoms with E-state index in [1.165, 1.54) is 12.1 Å². The maximum absolute atomic E-state index is 12.4. The Bertz CT molecular complexity index is 261. The lowest BCUT2D eigenvalue weighted by Crippen LogP contribution is -2.19. The minimum Gasteiger partial charge on any atom is -0.387 e. The number of aliphatic hydroxyl groups is 1. The van der Waals surface area contributed by atoms with Crippen LogP contribution >= 0.6 is 0 Å². The molecule has 0 aliphatic heterocycles. The molecule has 0 aliphatic carbocycles. The second-order valence-corrected chi connectivity index (χ2v) is 3.13. The van der Waals surface area contributed by atoms with Crippen molar-refractivity contribution in [1.82, 2.24) is 4.98 Å². The molecule has 1 rings (SSSR count). The minimum absolute atomic E-state index is 0.0955. The molecule has 0 saturated carbocycles. The number of hydrogen-bond donors (Lipinski definition) is 2. The fraction of sp³-hybridized carbons (Fsp3) is 0.444. The van der Waals surface area contributed by atoms with Gasteiger partial charge in [0.2, 0.25) is 0 Å². The van der Waals surface area contributed by atoms with E-state index < -0.39 is 11.9 Å². The van der Waals surface area contributed by atoms with Gasteiger partial charge in [0.05, 0.1) is 18.0 Å². The molecule has 1 aromatic heterocycles. The number of hydrogen-bond acceptors (Lipinski definition) is 3. The summed E-state index contributed by atoms with van der Waals surface area (Å²) in [7, 11) is 0. The highest BCUT2D eigenvalue weighted by atomic mass is 19.1. The monoisotopic (exact) mass is 184 g/mol. The summed E-state index contributed by atoms with van der Waals surface area (Å²) in [5, 5.41) is 9.52. The van der Waals surface area contributed by atoms with E-state index in [0.717, 1.165) is 6.20 Å². The van der Waals surface area contributed by atoms with E-state index in [1.807, 2.05) is 0 Å². The summed E-state index contributed by atoms with van der Waals surface area (Å²) in [5.41, 5.74) is 5.96. The Kier molecular flexibility index (Phi) is 3.33. The largest absolute Gasteiger partial charge is 0.387 e. The fourth-order valence-corrected chi connectivity index (χ4v) is 1.06. The molecule has 0 bridgehead atoms. The molecule has 1 aromatic rings. The highest BCUT2D eigenvalue weighted by Crippen LogP contribution is 2.14. The van der Waals surface area contributed by atoms with Crippen molar-refractivity contribution in [2.24, 2.45) is 5.73 Å². The van der Waals surface area contributed by atoms with Crippen molar-refractivity contribution < 1.29 is 9.50 Å². The van der Waals surface area contributed by atoms with Crippen LogP contribution < -0.4 is 5.73 Å². The third-order valence-electron chi connectivity index (χ3n) is 1.69. The van der Waals surface area contributed by atoms with Crippen molar-refractivity contribution in [1.29, 1.82) is 0 Å². The Balaban J connectivity index is 2.66. The summed E-state index contributed by atoms with van der Waals surface area (Å²) < 4.78 is 12.4. The van der Waals surface area contributed by atoms with Crippen molar-refractivity contribution >= 4 is 0 Å². The van der Waals surface area contributed by atoms with Crippen molar-refractivity contribution in [3.63, 3.8) is 0 Å². The van der Waals surface area contributed by atoms with E-state index in [4.69, 9.17) is 5.73 Å². The molecule has 0 radical (unpaired) electrons. The molecule has 0 aliphatic rings. The molecule has 0 spiro atoms. The molecule has 72 valence electrons. The summed E-state index contributed by atoms with van der Waals surface area (Å²) in [4.78, 5) is 3.75. The molecule has 3 N–H and O–H groups in total. The van der Waals surface area contributed by atoms with Gasteiger partial charge in [-0.3, -0.25) is 4.98 Å². The predicted octanol–water partition coefficient (Wildman–Crippen LogP) is 0.991. The summed E-state index contributed by atoms with van der Waals surface area (Å²) in [6.45, 7) is 1.80. The molecule has 3 nitrogen and oxygen atoms in total. The zero-order valence-electron chi connectivity index (χ0n) is 7.44. The number of nitrogens with zero attached hydrogens (tertiary/aromatic N) is 1. The Hall–Kier alpha value is -1.00. The zero-order chi connectivity index (χ0) is 9.84. The average molecular weight is 184 g/mol. The number of rotatable bonds is 3. The lowest BCUT2D eigenvalue weighted by atomic mass is 10.1. The van der Waals surface area contributed by atoms with Crippen LogP contribution in [0.3, 0.4) is 0 Å². The van der Waals surface area contributed by atoms with E-state index in [-0.39, 0.29) is 6.04 Å². The highest BCUT2D eigenvalue weighted by Gasteiger charge is 2.10. The van der Waals surface area contributed by atoms with Gasteiger partial charge in [-0.25, -0.2) is 4.39 Å². The van der Waals surface area contributed by atoms with Crippen LogP contribution in [-0.2, 0) is 0 Å². The summed E-state index contributed by atoms with van der Waals surface area (Å²) in [6.07, 6.45) is 0.804. The van der Waals surface area contributed by atoms with Crippen molar-refractivity contribution in [2.75, 3.05) is 0 Å². The van der Waals surface area contributed by atoms with Crippen LogP contribution in [0.5, 0.6) is 0 Å². The molecule has 1 heterocycles. The van der Waals surface area contributed by atoms with Gasteiger partial charge in [-0.15, -0.1) is 0 Å². The maximum Gasteiger partial charge on any atom is 0.141 e. The number of pyridine rings is 1. The van der Waals surface area contributed by atoms with Crippen molar-refractivity contribution in [3.05, 3.63) is 29.8 Å². The van der Waals surface area contributed by atoms with Crippen LogP contribution in [0, 0.1) is 5.82 Å². The number of aromatic nitrogens is 1. The van der Waals surface area contributed by atoms with E-state index in [9.17, 15) is 9.50 Å². The third-order valence-corrected chi connectivity index (χ3v) is 1.69. The maximum atomic E-state index is 12.4. The van der Waals surface area contributed by atoms with Gasteiger partial charge in [0.1, 0.15) is 5.82 Å². The second-order valence-electron chi connectivity index (χ2n) is 3.13. The molecule has 0 aromatic carbocycles. The van der Waals surface area contributed by atoms with E-state index in [1.54, 1.807) is 6.92 Å². The van der Waals surface area contributed by atoms with Gasteiger partial charge >= 0.3 is 0 Å². The smallest absolute Gasteiger partial charge is 0.141 e. The molecule has 13 heavy (non-hydrogen) atoms. The molecular weight excluding hydrogens is 171 g/mol. The van der Waals surface area contributed by atoms with Crippen molar-refractivity contribution in [2.45, 2.75) is 25.5 Å². The quantitative estimate of drug-likeness (QED) is 0.736. The van der Waals surface area contributed by atoms with E-state index in [2.05, 4.69) is 4.98 Å². The van der Waals surface area contributed by atoms with Gasteiger partial charge in [0, 0.05) is 6.04 Å². The highest BCUT2D eigenvalue weighted by molar-refractivity contribution is 5.08. The number of nitrogens with two attached hydrogens (primary N) is 1. The predicted molar refractivity (Wildman–Crippen MR) is 47.4 cm³/mol. The van der Waals surface area contributed by atoms with Crippen molar-refractivity contribution in [3.8, 4) is 0 Å². The summed E-state index contributed by atoms with van der Waals surface area (Å²) in [5.74, 6) is -0.406. The summed E-state index contributed by atoms with van der Waals surface area (Å²) in [6, 6.07) is 2.64. The van der Waals surface area contributed by atoms with Gasteiger partial charge < -0.3 is 10.8 Å². The molecule has 0 saturated heterocycles. The number of halogens is 1. The molecule has 0 amide bonds. The molecular formula is C9H13FN2O. The SMILES string of the molecule is CC(N)CC(O)c1ccc(F)cn1. The summed E-state index contributed by atoms with van der Waals surface area (Å²) >= 11 is 0. The lowest BCUT2D eigenvalue weighted by molar-refractivity contribution is 0.155. The van der Waals surface area contributed by atoms with Crippen LogP contribution in [0.15, 0.2) is 18.3 Å². The number of aliphatic hydroxyl groups excluding tert-OH is 1. The molecule has 2 unspecified atom stereocenters. The second kappa shape index (κ2) is 4.30. The topological polar surface area (TPSA) is 59.1 Å². The third kappa shape index (κ3) is 3.08. The van der Waals surface area contributed by atoms with Crippen LogP contribution in [0.1, 0.15) is 25.1 Å². The van der Waals surface area contributed by atoms with Gasteiger partial charge in [-0.1, -0.05) is 0 Å². The Morgan fingerprint density at radius 1 is 1.62 bits per heavy atom. The Labute approximate surface area is 76.4 Å². The Morgan fingerprint density at radius 2 is 2.31 bits per heavy atom. The van der Waals surface area contributed by atoms with Crippen LogP contribution in [0.25, 0.3) is 0 Å². The van der Waals surface area contributed by atoms with Gasteiger partial charge in [-0.05, 0) is 25.5 Å². The Morgan fingerprint density at radius 3 is 2.77 bits per heavy atom. The van der Waals surface area contributed by atoms with E-state index in [0.29, 0.717) is 12.1 Å².